The van der Waals surface area contributed by atoms with Crippen molar-refractivity contribution in [3.63, 3.8) is 0 Å². The van der Waals surface area contributed by atoms with E-state index in [0.29, 0.717) is 36.6 Å². The van der Waals surface area contributed by atoms with E-state index in [1.807, 2.05) is 0 Å². The lowest BCUT2D eigenvalue weighted by Crippen LogP contribution is -2.39. The first-order chi connectivity index (χ1) is 16.8. The van der Waals surface area contributed by atoms with Crippen LogP contribution in [0.1, 0.15) is 64.8 Å². The molecule has 3 rings (SSSR count). The van der Waals surface area contributed by atoms with Gasteiger partial charge in [-0.3, -0.25) is 9.69 Å². The second-order valence-corrected chi connectivity index (χ2v) is 8.71. The number of hydrogen-bond acceptors (Lipinski definition) is 4. The van der Waals surface area contributed by atoms with Gasteiger partial charge in [0.05, 0.1) is 16.7 Å². The van der Waals surface area contributed by atoms with Crippen molar-refractivity contribution in [2.24, 2.45) is 0 Å². The fourth-order valence-electron chi connectivity index (χ4n) is 4.24. The van der Waals surface area contributed by atoms with Crippen molar-refractivity contribution in [3.05, 3.63) is 70.3 Å². The number of carbonyl (C=O) groups excluding carboxylic acids is 1. The molecule has 5 nitrogen and oxygen atoms in total. The number of nitrogens with zero attached hydrogens (tertiary/aromatic N) is 1. The summed E-state index contributed by atoms with van der Waals surface area (Å²) in [4.78, 5) is 24.9. The van der Waals surface area contributed by atoms with Gasteiger partial charge in [-0.05, 0) is 67.6 Å². The molecule has 1 N–H and O–H groups in total. The minimum absolute atomic E-state index is 0.0862. The van der Waals surface area contributed by atoms with E-state index in [-0.39, 0.29) is 31.5 Å². The Kier molecular flexibility index (Phi) is 8.33. The van der Waals surface area contributed by atoms with Crippen molar-refractivity contribution >= 4 is 11.9 Å². The van der Waals surface area contributed by atoms with Gasteiger partial charge >= 0.3 is 24.3 Å². The molecule has 0 amide bonds. The van der Waals surface area contributed by atoms with E-state index in [1.54, 1.807) is 23.1 Å². The lowest BCUT2D eigenvalue weighted by Gasteiger charge is -2.37. The molecule has 2 aromatic rings. The summed E-state index contributed by atoms with van der Waals surface area (Å²) in [5.74, 6) is -1.56. The molecule has 1 unspecified atom stereocenters. The molecule has 1 aliphatic rings. The first kappa shape index (κ1) is 27.5. The van der Waals surface area contributed by atoms with Crippen LogP contribution < -0.4 is 0 Å². The molecule has 0 saturated carbocycles. The summed E-state index contributed by atoms with van der Waals surface area (Å²) >= 11 is 0. The molecule has 1 aliphatic heterocycles. The van der Waals surface area contributed by atoms with Crippen LogP contribution in [0.5, 0.6) is 0 Å². The third-order valence-electron chi connectivity index (χ3n) is 6.22. The van der Waals surface area contributed by atoms with E-state index in [0.717, 1.165) is 0 Å². The molecule has 1 fully saturated rings. The number of ether oxygens (including phenoxy) is 1. The van der Waals surface area contributed by atoms with Gasteiger partial charge in [-0.15, -0.1) is 0 Å². The Morgan fingerprint density at radius 2 is 1.69 bits per heavy atom. The largest absolute Gasteiger partial charge is 0.481 e. The van der Waals surface area contributed by atoms with Crippen molar-refractivity contribution in [1.82, 2.24) is 4.90 Å². The summed E-state index contributed by atoms with van der Waals surface area (Å²) in [7, 11) is 0. The zero-order chi connectivity index (χ0) is 26.7. The topological polar surface area (TPSA) is 66.8 Å². The second-order valence-electron chi connectivity index (χ2n) is 8.71. The Labute approximate surface area is 203 Å². The van der Waals surface area contributed by atoms with Gasteiger partial charge < -0.3 is 9.84 Å². The second kappa shape index (κ2) is 10.9. The molecule has 36 heavy (non-hydrogen) atoms. The van der Waals surface area contributed by atoms with Crippen molar-refractivity contribution in [3.8, 4) is 0 Å². The monoisotopic (exact) mass is 517 g/mol. The number of benzene rings is 2. The molecule has 0 aromatic heterocycles. The van der Waals surface area contributed by atoms with Crippen LogP contribution in [0.2, 0.25) is 0 Å². The van der Waals surface area contributed by atoms with Crippen LogP contribution in [0, 0.1) is 0 Å². The van der Waals surface area contributed by atoms with Crippen LogP contribution in [0.25, 0.3) is 0 Å². The van der Waals surface area contributed by atoms with Crippen molar-refractivity contribution < 1.29 is 45.8 Å². The maximum absolute atomic E-state index is 13.5. The van der Waals surface area contributed by atoms with Gasteiger partial charge in [0.2, 0.25) is 0 Å². The number of piperidine rings is 1. The third kappa shape index (κ3) is 6.99. The Morgan fingerprint density at radius 3 is 2.28 bits per heavy atom. The molecule has 0 aliphatic carbocycles. The van der Waals surface area contributed by atoms with Gasteiger partial charge in [0.1, 0.15) is 6.10 Å². The highest BCUT2D eigenvalue weighted by molar-refractivity contribution is 5.89. The van der Waals surface area contributed by atoms with Gasteiger partial charge in [0, 0.05) is 25.6 Å². The Hall–Kier alpha value is -3.08. The van der Waals surface area contributed by atoms with Gasteiger partial charge in [0.25, 0.3) is 0 Å². The van der Waals surface area contributed by atoms with Crippen LogP contribution in [-0.4, -0.2) is 41.1 Å². The van der Waals surface area contributed by atoms with Crippen molar-refractivity contribution in [2.45, 2.75) is 57.1 Å². The number of halogens is 6. The fourth-order valence-corrected chi connectivity index (χ4v) is 4.24. The summed E-state index contributed by atoms with van der Waals surface area (Å²) in [6.07, 6.45) is -9.32. The number of aliphatic carboxylic acids is 1. The predicted octanol–water partition coefficient (Wildman–Crippen LogP) is 6.12. The molecule has 0 bridgehead atoms. The summed E-state index contributed by atoms with van der Waals surface area (Å²) in [6, 6.07) is 6.91. The van der Waals surface area contributed by atoms with E-state index in [1.165, 1.54) is 13.0 Å². The molecule has 0 radical (unpaired) electrons. The predicted molar refractivity (Wildman–Crippen MR) is 117 cm³/mol. The number of aryl methyl sites for hydroxylation is 1. The Morgan fingerprint density at radius 1 is 1.03 bits per heavy atom. The average molecular weight is 517 g/mol. The highest BCUT2D eigenvalue weighted by atomic mass is 19.4. The van der Waals surface area contributed by atoms with Gasteiger partial charge in [-0.1, -0.05) is 12.1 Å². The maximum Gasteiger partial charge on any atom is 0.416 e. The summed E-state index contributed by atoms with van der Waals surface area (Å²) < 4.78 is 85.5. The van der Waals surface area contributed by atoms with Crippen LogP contribution in [0.15, 0.2) is 42.5 Å². The minimum atomic E-state index is -4.80. The molecule has 2 aromatic carbocycles. The number of carboxylic acids is 1. The minimum Gasteiger partial charge on any atom is -0.481 e. The summed E-state index contributed by atoms with van der Waals surface area (Å²) in [5, 5.41) is 8.81. The lowest BCUT2D eigenvalue weighted by molar-refractivity contribution is -0.142. The standard InChI is InChI=1S/C25H25F6NO4/c1-15(20-14-18(24(26,27)28)6-7-21(20)25(29,30)31)32-11-9-19(10-12-32)36-23(35)17-4-2-3-16(13-17)5-8-22(33)34/h2-4,6-7,13-15,19H,5,8-12H2,1H3,(H,33,34). The van der Waals surface area contributed by atoms with Crippen LogP contribution >= 0.6 is 0 Å². The number of esters is 1. The zero-order valence-corrected chi connectivity index (χ0v) is 19.3. The number of carbonyl (C=O) groups is 2. The van der Waals surface area contributed by atoms with Crippen LogP contribution in [0.3, 0.4) is 0 Å². The molecule has 1 atom stereocenters. The Balaban J connectivity index is 1.65. The number of hydrogen-bond donors (Lipinski definition) is 1. The lowest BCUT2D eigenvalue weighted by atomic mass is 9.95. The highest BCUT2D eigenvalue weighted by Gasteiger charge is 2.39. The quantitative estimate of drug-likeness (QED) is 0.354. The van der Waals surface area contributed by atoms with Gasteiger partial charge in [-0.25, -0.2) is 4.79 Å². The van der Waals surface area contributed by atoms with Crippen LogP contribution in [0.4, 0.5) is 26.3 Å². The van der Waals surface area contributed by atoms with E-state index < -0.39 is 53.1 Å². The summed E-state index contributed by atoms with van der Waals surface area (Å²) in [5.41, 5.74) is -1.79. The molecule has 11 heteroatoms. The number of carboxylic acid groups (broad SMARTS) is 1. The van der Waals surface area contributed by atoms with Gasteiger partial charge in [-0.2, -0.15) is 26.3 Å². The normalized spacial score (nSPS) is 16.5. The number of rotatable bonds is 7. The van der Waals surface area contributed by atoms with Crippen LogP contribution in [-0.2, 0) is 28.3 Å². The van der Waals surface area contributed by atoms with Gasteiger partial charge in [0.15, 0.2) is 0 Å². The molecule has 0 spiro atoms. The number of alkyl halides is 6. The van der Waals surface area contributed by atoms with E-state index in [4.69, 9.17) is 9.84 Å². The fraction of sp³-hybridized carbons (Fsp3) is 0.440. The maximum atomic E-state index is 13.5. The van der Waals surface area contributed by atoms with Crippen molar-refractivity contribution in [2.75, 3.05) is 13.1 Å². The number of likely N-dealkylation sites (tertiary alicyclic amines) is 1. The van der Waals surface area contributed by atoms with Crippen molar-refractivity contribution in [1.29, 1.82) is 0 Å². The zero-order valence-electron chi connectivity index (χ0n) is 19.3. The molecule has 1 heterocycles. The first-order valence-electron chi connectivity index (χ1n) is 11.3. The molecular formula is C25H25F6NO4. The first-order valence-corrected chi connectivity index (χ1v) is 11.3. The average Bonchev–Trinajstić information content (AvgIpc) is 2.81. The smallest absolute Gasteiger partial charge is 0.416 e. The SMILES string of the molecule is CC(c1cc(C(F)(F)F)ccc1C(F)(F)F)N1CCC(OC(=O)c2cccc(CCC(=O)O)c2)CC1. The van der Waals surface area contributed by atoms with E-state index in [9.17, 15) is 35.9 Å². The molecular weight excluding hydrogens is 492 g/mol. The third-order valence-corrected chi connectivity index (χ3v) is 6.22. The Bertz CT molecular complexity index is 1090. The van der Waals surface area contributed by atoms with E-state index >= 15 is 0 Å². The molecule has 1 saturated heterocycles. The van der Waals surface area contributed by atoms with E-state index in [2.05, 4.69) is 0 Å². The molecule has 196 valence electrons. The summed E-state index contributed by atoms with van der Waals surface area (Å²) in [6.45, 7) is 1.89. The highest BCUT2D eigenvalue weighted by Crippen LogP contribution is 2.40.